The molecule has 5 heteroatoms. The lowest BCUT2D eigenvalue weighted by atomic mass is 9.88. The number of carbonyl (C=O) groups excluding carboxylic acids is 2. The summed E-state index contributed by atoms with van der Waals surface area (Å²) < 4.78 is 11.3. The van der Waals surface area contributed by atoms with Gasteiger partial charge >= 0.3 is 12.1 Å². The maximum absolute atomic E-state index is 13.4. The number of hydrogen-bond acceptors (Lipinski definition) is 4. The highest BCUT2D eigenvalue weighted by molar-refractivity contribution is 6.33. The van der Waals surface area contributed by atoms with Crippen molar-refractivity contribution in [3.63, 3.8) is 0 Å². The van der Waals surface area contributed by atoms with Gasteiger partial charge in [0.25, 0.3) is 0 Å². The predicted octanol–water partition coefficient (Wildman–Crippen LogP) is 7.92. The van der Waals surface area contributed by atoms with Crippen LogP contribution in [0, 0.1) is 0 Å². The fourth-order valence-corrected chi connectivity index (χ4v) is 5.57. The maximum Gasteiger partial charge on any atom is 0.408 e. The van der Waals surface area contributed by atoms with Crippen molar-refractivity contribution in [1.29, 1.82) is 0 Å². The summed E-state index contributed by atoms with van der Waals surface area (Å²) in [7, 11) is 0. The molecule has 6 aromatic rings. The highest BCUT2D eigenvalue weighted by Crippen LogP contribution is 2.41. The van der Waals surface area contributed by atoms with Crippen molar-refractivity contribution in [2.45, 2.75) is 45.4 Å². The number of ether oxygens (including phenoxy) is 2. The van der Waals surface area contributed by atoms with Gasteiger partial charge < -0.3 is 14.8 Å². The fraction of sp³-hybridized carbons (Fsp3) is 0.200. The average Bonchev–Trinajstić information content (AvgIpc) is 2.94. The van der Waals surface area contributed by atoms with Gasteiger partial charge in [-0.3, -0.25) is 0 Å². The van der Waals surface area contributed by atoms with Gasteiger partial charge in [0.2, 0.25) is 0 Å². The zero-order valence-corrected chi connectivity index (χ0v) is 22.9. The van der Waals surface area contributed by atoms with Crippen LogP contribution in [0.2, 0.25) is 0 Å². The largest absolute Gasteiger partial charge is 0.459 e. The molecule has 1 N–H and O–H groups in total. The molecule has 0 saturated carbocycles. The van der Waals surface area contributed by atoms with Gasteiger partial charge in [-0.05, 0) is 75.0 Å². The van der Waals surface area contributed by atoms with Crippen LogP contribution in [0.25, 0.3) is 43.1 Å². The molecule has 1 amide bonds. The molecule has 0 aliphatic heterocycles. The molecule has 6 aromatic carbocycles. The van der Waals surface area contributed by atoms with E-state index in [1.807, 2.05) is 36.4 Å². The molecule has 0 heterocycles. The topological polar surface area (TPSA) is 64.6 Å². The summed E-state index contributed by atoms with van der Waals surface area (Å²) in [5.41, 5.74) is 1.14. The van der Waals surface area contributed by atoms with E-state index in [-0.39, 0.29) is 6.61 Å². The molecule has 0 unspecified atom stereocenters. The van der Waals surface area contributed by atoms with Crippen LogP contribution in [0.4, 0.5) is 4.79 Å². The first-order valence-electron chi connectivity index (χ1n) is 13.6. The Morgan fingerprint density at radius 2 is 1.30 bits per heavy atom. The van der Waals surface area contributed by atoms with E-state index in [0.29, 0.717) is 6.42 Å². The van der Waals surface area contributed by atoms with Crippen LogP contribution in [-0.2, 0) is 27.3 Å². The Bertz CT molecular complexity index is 1800. The van der Waals surface area contributed by atoms with Crippen molar-refractivity contribution in [3.05, 3.63) is 108 Å². The van der Waals surface area contributed by atoms with Crippen LogP contribution in [0.15, 0.2) is 97.1 Å². The molecule has 6 rings (SSSR count). The van der Waals surface area contributed by atoms with Gasteiger partial charge in [0.1, 0.15) is 18.2 Å². The van der Waals surface area contributed by atoms with Crippen molar-refractivity contribution in [1.82, 2.24) is 5.32 Å². The number of fused-ring (bicyclic) bond motifs is 2. The van der Waals surface area contributed by atoms with Crippen molar-refractivity contribution < 1.29 is 19.1 Å². The molecule has 5 nitrogen and oxygen atoms in total. The summed E-state index contributed by atoms with van der Waals surface area (Å²) in [6.07, 6.45) is -0.358. The van der Waals surface area contributed by atoms with E-state index < -0.39 is 23.7 Å². The quantitative estimate of drug-likeness (QED) is 0.135. The number of benzene rings is 6. The van der Waals surface area contributed by atoms with Crippen LogP contribution in [0.1, 0.15) is 31.9 Å². The molecular weight excluding hydrogens is 498 g/mol. The van der Waals surface area contributed by atoms with Crippen molar-refractivity contribution in [2.75, 3.05) is 0 Å². The minimum Gasteiger partial charge on any atom is -0.459 e. The number of hydrogen-bond donors (Lipinski definition) is 1. The van der Waals surface area contributed by atoms with Gasteiger partial charge in [0.15, 0.2) is 0 Å². The van der Waals surface area contributed by atoms with Gasteiger partial charge in [-0.15, -0.1) is 0 Å². The third kappa shape index (κ3) is 4.91. The minimum atomic E-state index is -0.887. The van der Waals surface area contributed by atoms with E-state index in [2.05, 4.69) is 66.0 Å². The normalized spacial score (nSPS) is 12.7. The van der Waals surface area contributed by atoms with Gasteiger partial charge in [-0.25, -0.2) is 9.59 Å². The minimum absolute atomic E-state index is 0.0895. The van der Waals surface area contributed by atoms with Gasteiger partial charge in [-0.1, -0.05) is 97.1 Å². The Labute approximate surface area is 233 Å². The van der Waals surface area contributed by atoms with Crippen molar-refractivity contribution in [3.8, 4) is 0 Å². The monoisotopic (exact) mass is 529 g/mol. The average molecular weight is 530 g/mol. The molecular formula is C35H31NO4. The number of amides is 1. The third-order valence-electron chi connectivity index (χ3n) is 7.24. The molecule has 0 aliphatic carbocycles. The lowest BCUT2D eigenvalue weighted by Gasteiger charge is -2.23. The number of carbonyl (C=O) groups is 2. The fourth-order valence-electron chi connectivity index (χ4n) is 5.57. The highest BCUT2D eigenvalue weighted by atomic mass is 16.6. The van der Waals surface area contributed by atoms with E-state index in [1.54, 1.807) is 20.8 Å². The zero-order chi connectivity index (χ0) is 27.9. The standard InChI is InChI=1S/C35H31NO4/c1-35(2,3)40-34(38)36-30(20-22-10-5-4-6-11-22)33(37)39-21-24-18-19-29-27-16-8-13-23-12-7-15-26(31(23)27)28-17-9-14-25(24)32(28)29/h4-19,30H,20-21H2,1-3H3,(H,36,38)/t30-/m1/s1. The Morgan fingerprint density at radius 1 is 0.700 bits per heavy atom. The molecule has 200 valence electrons. The van der Waals surface area contributed by atoms with Crippen molar-refractivity contribution >= 4 is 55.2 Å². The van der Waals surface area contributed by atoms with Crippen LogP contribution < -0.4 is 5.32 Å². The second-order valence-electron chi connectivity index (χ2n) is 11.2. The Morgan fingerprint density at radius 3 is 1.98 bits per heavy atom. The van der Waals surface area contributed by atoms with E-state index in [0.717, 1.165) is 21.9 Å². The van der Waals surface area contributed by atoms with E-state index in [9.17, 15) is 9.59 Å². The lowest BCUT2D eigenvalue weighted by Crippen LogP contribution is -2.45. The SMILES string of the molecule is CC(C)(C)OC(=O)N[C@H](Cc1ccccc1)C(=O)OCc1ccc2c3cccc4cccc(c5cccc1c52)c43. The van der Waals surface area contributed by atoms with Crippen LogP contribution in [0.5, 0.6) is 0 Å². The van der Waals surface area contributed by atoms with Crippen LogP contribution in [0.3, 0.4) is 0 Å². The molecule has 40 heavy (non-hydrogen) atoms. The number of rotatable bonds is 6. The predicted molar refractivity (Wildman–Crippen MR) is 161 cm³/mol. The molecule has 0 aromatic heterocycles. The van der Waals surface area contributed by atoms with Crippen LogP contribution >= 0.6 is 0 Å². The molecule has 0 radical (unpaired) electrons. The molecule has 0 fully saturated rings. The first-order chi connectivity index (χ1) is 19.3. The second-order valence-corrected chi connectivity index (χ2v) is 11.2. The third-order valence-corrected chi connectivity index (χ3v) is 7.24. The molecule has 0 saturated heterocycles. The lowest BCUT2D eigenvalue weighted by molar-refractivity contribution is -0.147. The molecule has 0 spiro atoms. The smallest absolute Gasteiger partial charge is 0.408 e. The first-order valence-corrected chi connectivity index (χ1v) is 13.6. The summed E-state index contributed by atoms with van der Waals surface area (Å²) in [4.78, 5) is 25.9. The summed E-state index contributed by atoms with van der Waals surface area (Å²) in [5.74, 6) is -0.509. The van der Waals surface area contributed by atoms with Gasteiger partial charge in [-0.2, -0.15) is 0 Å². The maximum atomic E-state index is 13.4. The summed E-state index contributed by atoms with van der Waals surface area (Å²) in [5, 5.41) is 12.2. The van der Waals surface area contributed by atoms with Crippen molar-refractivity contribution in [2.24, 2.45) is 0 Å². The number of alkyl carbamates (subject to hydrolysis) is 1. The Balaban J connectivity index is 1.32. The second kappa shape index (κ2) is 10.2. The molecule has 0 aliphatic rings. The first kappa shape index (κ1) is 25.6. The summed E-state index contributed by atoms with van der Waals surface area (Å²) in [6, 6.07) is 32.0. The zero-order valence-electron chi connectivity index (χ0n) is 22.9. The van der Waals surface area contributed by atoms with Gasteiger partial charge in [0, 0.05) is 6.42 Å². The Hall–Kier alpha value is -4.64. The van der Waals surface area contributed by atoms with Crippen LogP contribution in [-0.4, -0.2) is 23.7 Å². The summed E-state index contributed by atoms with van der Waals surface area (Å²) in [6.45, 7) is 5.45. The number of esters is 1. The Kier molecular flexibility index (Phi) is 6.51. The summed E-state index contributed by atoms with van der Waals surface area (Å²) >= 11 is 0. The number of nitrogens with one attached hydrogen (secondary N) is 1. The molecule has 0 bridgehead atoms. The van der Waals surface area contributed by atoms with Gasteiger partial charge in [0.05, 0.1) is 0 Å². The molecule has 1 atom stereocenters. The van der Waals surface area contributed by atoms with E-state index in [4.69, 9.17) is 9.47 Å². The van der Waals surface area contributed by atoms with E-state index in [1.165, 1.54) is 32.3 Å². The highest BCUT2D eigenvalue weighted by Gasteiger charge is 2.26. The van der Waals surface area contributed by atoms with E-state index >= 15 is 0 Å².